The molecule has 100 valence electrons. The highest BCUT2D eigenvalue weighted by molar-refractivity contribution is 5.68. The molecule has 0 aromatic heterocycles. The molecule has 0 bridgehead atoms. The van der Waals surface area contributed by atoms with Crippen molar-refractivity contribution in [2.45, 2.75) is 27.2 Å². The van der Waals surface area contributed by atoms with Crippen LogP contribution >= 0.6 is 0 Å². The van der Waals surface area contributed by atoms with Gasteiger partial charge in [0.15, 0.2) is 0 Å². The number of nitrogens with one attached hydrogen (secondary N) is 1. The molecule has 0 radical (unpaired) electrons. The van der Waals surface area contributed by atoms with Crippen LogP contribution in [0.5, 0.6) is 5.75 Å². The highest BCUT2D eigenvalue weighted by Gasteiger charge is 2.10. The average molecular weight is 251 g/mol. The second-order valence-electron chi connectivity index (χ2n) is 4.46. The normalized spacial score (nSPS) is 10.4. The minimum Gasteiger partial charge on any atom is -0.496 e. The summed E-state index contributed by atoms with van der Waals surface area (Å²) in [6.07, 6.45) is 0.824. The number of carbonyl (C=O) groups is 1. The highest BCUT2D eigenvalue weighted by Crippen LogP contribution is 2.28. The average Bonchev–Trinajstić information content (AvgIpc) is 2.31. The van der Waals surface area contributed by atoms with Gasteiger partial charge in [0.25, 0.3) is 0 Å². The zero-order chi connectivity index (χ0) is 13.7. The van der Waals surface area contributed by atoms with Crippen molar-refractivity contribution in [3.8, 4) is 5.75 Å². The Bertz CT molecular complexity index is 441. The van der Waals surface area contributed by atoms with E-state index in [0.29, 0.717) is 6.54 Å². The van der Waals surface area contributed by atoms with Crippen molar-refractivity contribution in [1.82, 2.24) is 5.32 Å². The molecule has 0 saturated carbocycles. The molecule has 0 heterocycles. The van der Waals surface area contributed by atoms with Gasteiger partial charge in [-0.15, -0.1) is 0 Å². The Balaban J connectivity index is 2.75. The van der Waals surface area contributed by atoms with Gasteiger partial charge in [0.1, 0.15) is 5.75 Å². The zero-order valence-electron chi connectivity index (χ0n) is 11.5. The van der Waals surface area contributed by atoms with Crippen LogP contribution in [0.2, 0.25) is 0 Å². The predicted octanol–water partition coefficient (Wildman–Crippen LogP) is 1.84. The Hall–Kier alpha value is -1.55. The number of carboxylic acid groups (broad SMARTS) is 1. The number of hydrogen-bond acceptors (Lipinski definition) is 3. The molecule has 0 aliphatic heterocycles. The first-order chi connectivity index (χ1) is 8.47. The molecule has 4 heteroatoms. The Morgan fingerprint density at radius 3 is 2.56 bits per heavy atom. The van der Waals surface area contributed by atoms with Crippen molar-refractivity contribution >= 4 is 5.97 Å². The number of benzene rings is 1. The fourth-order valence-corrected chi connectivity index (χ4v) is 2.13. The van der Waals surface area contributed by atoms with Gasteiger partial charge in [0.05, 0.1) is 13.7 Å². The van der Waals surface area contributed by atoms with Gasteiger partial charge in [-0.25, -0.2) is 0 Å². The van der Waals surface area contributed by atoms with Crippen LogP contribution < -0.4 is 10.1 Å². The number of hydrogen-bond donors (Lipinski definition) is 2. The van der Waals surface area contributed by atoms with E-state index in [1.807, 2.05) is 6.92 Å². The minimum absolute atomic E-state index is 0.00711. The summed E-state index contributed by atoms with van der Waals surface area (Å²) in [4.78, 5) is 10.4. The van der Waals surface area contributed by atoms with E-state index < -0.39 is 5.97 Å². The van der Waals surface area contributed by atoms with E-state index in [4.69, 9.17) is 9.84 Å². The topological polar surface area (TPSA) is 58.6 Å². The van der Waals surface area contributed by atoms with E-state index in [1.165, 1.54) is 11.1 Å². The van der Waals surface area contributed by atoms with Crippen LogP contribution in [0.4, 0.5) is 0 Å². The monoisotopic (exact) mass is 251 g/mol. The van der Waals surface area contributed by atoms with Gasteiger partial charge in [0.2, 0.25) is 0 Å². The number of methoxy groups -OCH3 is 1. The molecule has 1 rings (SSSR count). The van der Waals surface area contributed by atoms with Gasteiger partial charge in [0, 0.05) is 0 Å². The van der Waals surface area contributed by atoms with Crippen LogP contribution in [0.25, 0.3) is 0 Å². The van der Waals surface area contributed by atoms with E-state index in [2.05, 4.69) is 25.2 Å². The van der Waals surface area contributed by atoms with E-state index in [0.717, 1.165) is 23.3 Å². The molecule has 0 aliphatic carbocycles. The first-order valence-corrected chi connectivity index (χ1v) is 6.03. The second-order valence-corrected chi connectivity index (χ2v) is 4.46. The van der Waals surface area contributed by atoms with E-state index >= 15 is 0 Å². The summed E-state index contributed by atoms with van der Waals surface area (Å²) < 4.78 is 5.38. The van der Waals surface area contributed by atoms with Crippen molar-refractivity contribution in [3.63, 3.8) is 0 Å². The third-order valence-electron chi connectivity index (χ3n) is 3.19. The lowest BCUT2D eigenvalue weighted by Gasteiger charge is -2.15. The van der Waals surface area contributed by atoms with Crippen LogP contribution in [0.3, 0.4) is 0 Å². The molecule has 0 unspecified atom stereocenters. The lowest BCUT2D eigenvalue weighted by atomic mass is 9.96. The molecule has 2 N–H and O–H groups in total. The van der Waals surface area contributed by atoms with Crippen molar-refractivity contribution in [3.05, 3.63) is 28.3 Å². The Morgan fingerprint density at radius 2 is 2.00 bits per heavy atom. The lowest BCUT2D eigenvalue weighted by molar-refractivity contribution is -0.135. The smallest absolute Gasteiger partial charge is 0.317 e. The van der Waals surface area contributed by atoms with Crippen molar-refractivity contribution in [2.24, 2.45) is 0 Å². The van der Waals surface area contributed by atoms with E-state index in [9.17, 15) is 4.79 Å². The summed E-state index contributed by atoms with van der Waals surface area (Å²) in [5.41, 5.74) is 4.73. The third-order valence-corrected chi connectivity index (χ3v) is 3.19. The zero-order valence-corrected chi connectivity index (χ0v) is 11.5. The number of carboxylic acids is 1. The maximum absolute atomic E-state index is 10.4. The fraction of sp³-hybridized carbons (Fsp3) is 0.500. The Kier molecular flexibility index (Phi) is 5.16. The van der Waals surface area contributed by atoms with Crippen LogP contribution in [0, 0.1) is 20.8 Å². The summed E-state index contributed by atoms with van der Waals surface area (Å²) in [5, 5.41) is 11.4. The summed E-state index contributed by atoms with van der Waals surface area (Å²) in [5.74, 6) is 0.114. The number of aryl methyl sites for hydroxylation is 1. The Morgan fingerprint density at radius 1 is 1.33 bits per heavy atom. The lowest BCUT2D eigenvalue weighted by Crippen LogP contribution is -2.24. The fourth-order valence-electron chi connectivity index (χ4n) is 2.13. The van der Waals surface area contributed by atoms with Gasteiger partial charge in [-0.05, 0) is 56.0 Å². The molecule has 4 nitrogen and oxygen atoms in total. The maximum Gasteiger partial charge on any atom is 0.317 e. The van der Waals surface area contributed by atoms with Gasteiger partial charge in [-0.1, -0.05) is 6.07 Å². The molecular formula is C14H21NO3. The summed E-state index contributed by atoms with van der Waals surface area (Å²) in [6, 6.07) is 2.11. The van der Waals surface area contributed by atoms with Crippen molar-refractivity contribution in [1.29, 1.82) is 0 Å². The van der Waals surface area contributed by atoms with Crippen LogP contribution in [-0.2, 0) is 11.2 Å². The summed E-state index contributed by atoms with van der Waals surface area (Å²) >= 11 is 0. The second kappa shape index (κ2) is 6.40. The first kappa shape index (κ1) is 14.5. The summed E-state index contributed by atoms with van der Waals surface area (Å²) in [7, 11) is 1.68. The van der Waals surface area contributed by atoms with E-state index in [1.54, 1.807) is 7.11 Å². The van der Waals surface area contributed by atoms with Gasteiger partial charge in [-0.3, -0.25) is 4.79 Å². The maximum atomic E-state index is 10.4. The van der Waals surface area contributed by atoms with Crippen LogP contribution in [-0.4, -0.2) is 31.3 Å². The first-order valence-electron chi connectivity index (χ1n) is 6.03. The van der Waals surface area contributed by atoms with Crippen LogP contribution in [0.15, 0.2) is 6.07 Å². The van der Waals surface area contributed by atoms with Crippen molar-refractivity contribution in [2.75, 3.05) is 20.2 Å². The van der Waals surface area contributed by atoms with Crippen molar-refractivity contribution < 1.29 is 14.6 Å². The molecule has 0 amide bonds. The predicted molar refractivity (Wildman–Crippen MR) is 71.4 cm³/mol. The number of ether oxygens (including phenoxy) is 1. The molecule has 0 aliphatic rings. The number of rotatable bonds is 6. The third kappa shape index (κ3) is 3.47. The minimum atomic E-state index is -0.825. The highest BCUT2D eigenvalue weighted by atomic mass is 16.5. The van der Waals surface area contributed by atoms with Gasteiger partial charge < -0.3 is 15.2 Å². The van der Waals surface area contributed by atoms with E-state index in [-0.39, 0.29) is 6.54 Å². The SMILES string of the molecule is COc1c(C)cc(CCNCC(=O)O)c(C)c1C. The molecule has 0 saturated heterocycles. The molecule has 18 heavy (non-hydrogen) atoms. The standard InChI is InChI=1S/C14H21NO3/c1-9-7-12(5-6-15-8-13(16)17)10(2)11(3)14(9)18-4/h7,15H,5-6,8H2,1-4H3,(H,16,17). The summed E-state index contributed by atoms with van der Waals surface area (Å²) in [6.45, 7) is 6.82. The molecule has 0 atom stereocenters. The van der Waals surface area contributed by atoms with Gasteiger partial charge >= 0.3 is 5.97 Å². The number of aliphatic carboxylic acids is 1. The molecule has 1 aromatic rings. The Labute approximate surface area is 108 Å². The quantitative estimate of drug-likeness (QED) is 0.757. The molecule has 0 fully saturated rings. The molecular weight excluding hydrogens is 230 g/mol. The van der Waals surface area contributed by atoms with Crippen LogP contribution in [0.1, 0.15) is 22.3 Å². The molecule has 0 spiro atoms. The van der Waals surface area contributed by atoms with Gasteiger partial charge in [-0.2, -0.15) is 0 Å². The molecule has 1 aromatic carbocycles. The largest absolute Gasteiger partial charge is 0.496 e.